The average molecular weight is 356 g/mol. The van der Waals surface area contributed by atoms with Crippen LogP contribution < -0.4 is 4.90 Å². The van der Waals surface area contributed by atoms with Gasteiger partial charge in [-0.1, -0.05) is 0 Å². The molecule has 1 aliphatic heterocycles. The number of rotatable bonds is 3. The van der Waals surface area contributed by atoms with Crippen molar-refractivity contribution in [1.29, 1.82) is 0 Å². The van der Waals surface area contributed by atoms with E-state index in [0.29, 0.717) is 18.8 Å². The molecule has 0 N–H and O–H groups in total. The van der Waals surface area contributed by atoms with E-state index >= 15 is 0 Å². The molecule has 1 aliphatic rings. The number of nitrogens with zero attached hydrogens (tertiary/aromatic N) is 1. The Hall–Kier alpha value is -1.28. The maximum Gasteiger partial charge on any atom is 0.450 e. The van der Waals surface area contributed by atoms with Crippen molar-refractivity contribution in [3.8, 4) is 0 Å². The number of benzene rings is 1. The van der Waals surface area contributed by atoms with Gasteiger partial charge in [-0.3, -0.25) is 4.79 Å². The summed E-state index contributed by atoms with van der Waals surface area (Å²) in [6.45, 7) is 0.610. The molecule has 0 atom stereocenters. The first-order chi connectivity index (χ1) is 10.1. The van der Waals surface area contributed by atoms with Gasteiger partial charge in [0.05, 0.1) is 4.90 Å². The largest absolute Gasteiger partial charge is 0.450 e. The SMILES string of the molecule is O=C(C1CCN(c2ccc(S(=O)(=O)Cl)cc2)CC1)C(F)(F)F. The Balaban J connectivity index is 2.02. The normalized spacial score (nSPS) is 17.5. The van der Waals surface area contributed by atoms with E-state index in [1.807, 2.05) is 4.90 Å². The molecule has 0 bridgehead atoms. The molecule has 122 valence electrons. The van der Waals surface area contributed by atoms with Gasteiger partial charge >= 0.3 is 6.18 Å². The lowest BCUT2D eigenvalue weighted by Gasteiger charge is -2.33. The van der Waals surface area contributed by atoms with Crippen molar-refractivity contribution in [3.63, 3.8) is 0 Å². The molecule has 22 heavy (non-hydrogen) atoms. The third-order valence-electron chi connectivity index (χ3n) is 3.63. The third kappa shape index (κ3) is 3.92. The number of hydrogen-bond donors (Lipinski definition) is 0. The van der Waals surface area contributed by atoms with Gasteiger partial charge in [0, 0.05) is 35.4 Å². The summed E-state index contributed by atoms with van der Waals surface area (Å²) >= 11 is 0. The van der Waals surface area contributed by atoms with Crippen molar-refractivity contribution in [3.05, 3.63) is 24.3 Å². The summed E-state index contributed by atoms with van der Waals surface area (Å²) in [5.41, 5.74) is 0.682. The van der Waals surface area contributed by atoms with E-state index in [4.69, 9.17) is 10.7 Å². The summed E-state index contributed by atoms with van der Waals surface area (Å²) in [5.74, 6) is -2.67. The van der Waals surface area contributed by atoms with Crippen molar-refractivity contribution in [2.75, 3.05) is 18.0 Å². The molecule has 1 aromatic carbocycles. The first kappa shape index (κ1) is 17.1. The molecule has 1 fully saturated rings. The topological polar surface area (TPSA) is 54.5 Å². The monoisotopic (exact) mass is 355 g/mol. The van der Waals surface area contributed by atoms with Gasteiger partial charge in [-0.05, 0) is 37.1 Å². The zero-order valence-electron chi connectivity index (χ0n) is 11.3. The van der Waals surface area contributed by atoms with Gasteiger partial charge in [0.1, 0.15) is 0 Å². The minimum atomic E-state index is -4.79. The van der Waals surface area contributed by atoms with Crippen LogP contribution in [-0.2, 0) is 13.8 Å². The predicted molar refractivity (Wildman–Crippen MR) is 75.5 cm³/mol. The Labute approximate surface area is 130 Å². The van der Waals surface area contributed by atoms with Crippen LogP contribution in [0.4, 0.5) is 18.9 Å². The van der Waals surface area contributed by atoms with Crippen LogP contribution in [0.25, 0.3) is 0 Å². The number of anilines is 1. The number of Topliss-reactive ketones (excluding diaryl/α,β-unsaturated/α-hetero) is 1. The van der Waals surface area contributed by atoms with Crippen LogP contribution in [0.1, 0.15) is 12.8 Å². The number of ketones is 1. The zero-order valence-corrected chi connectivity index (χ0v) is 12.9. The van der Waals surface area contributed by atoms with E-state index < -0.39 is 26.9 Å². The average Bonchev–Trinajstić information content (AvgIpc) is 2.45. The van der Waals surface area contributed by atoms with Gasteiger partial charge in [0.25, 0.3) is 9.05 Å². The first-order valence-corrected chi connectivity index (χ1v) is 8.80. The molecule has 0 radical (unpaired) electrons. The number of carbonyl (C=O) groups is 1. The highest BCUT2D eigenvalue weighted by molar-refractivity contribution is 8.13. The lowest BCUT2D eigenvalue weighted by molar-refractivity contribution is -0.176. The first-order valence-electron chi connectivity index (χ1n) is 6.50. The van der Waals surface area contributed by atoms with Crippen LogP contribution in [-0.4, -0.2) is 33.5 Å². The molecule has 0 spiro atoms. The van der Waals surface area contributed by atoms with Crippen molar-refractivity contribution in [2.24, 2.45) is 5.92 Å². The molecule has 9 heteroatoms. The summed E-state index contributed by atoms with van der Waals surface area (Å²) in [6, 6.07) is 5.76. The third-order valence-corrected chi connectivity index (χ3v) is 5.00. The maximum atomic E-state index is 12.4. The molecule has 1 aromatic rings. The molecule has 1 saturated heterocycles. The van der Waals surface area contributed by atoms with E-state index in [-0.39, 0.29) is 17.7 Å². The Morgan fingerprint density at radius 3 is 2.05 bits per heavy atom. The van der Waals surface area contributed by atoms with Gasteiger partial charge in [-0.25, -0.2) is 8.42 Å². The van der Waals surface area contributed by atoms with Crippen LogP contribution in [0, 0.1) is 5.92 Å². The van der Waals surface area contributed by atoms with Crippen LogP contribution in [0.5, 0.6) is 0 Å². The summed E-state index contributed by atoms with van der Waals surface area (Å²) in [6.07, 6.45) is -4.55. The van der Waals surface area contributed by atoms with E-state index in [9.17, 15) is 26.4 Å². The molecule has 0 saturated carbocycles. The van der Waals surface area contributed by atoms with Crippen molar-refractivity contribution >= 4 is 31.2 Å². The fraction of sp³-hybridized carbons (Fsp3) is 0.462. The molecule has 0 aliphatic carbocycles. The van der Waals surface area contributed by atoms with Crippen LogP contribution in [0.2, 0.25) is 0 Å². The van der Waals surface area contributed by atoms with Gasteiger partial charge in [-0.15, -0.1) is 0 Å². The summed E-state index contributed by atoms with van der Waals surface area (Å²) < 4.78 is 59.4. The van der Waals surface area contributed by atoms with E-state index in [1.54, 1.807) is 12.1 Å². The molecular formula is C13H13ClF3NO3S. The molecule has 4 nitrogen and oxygen atoms in total. The van der Waals surface area contributed by atoms with E-state index in [1.165, 1.54) is 12.1 Å². The van der Waals surface area contributed by atoms with Crippen molar-refractivity contribution < 1.29 is 26.4 Å². The number of alkyl halides is 3. The highest BCUT2D eigenvalue weighted by Gasteiger charge is 2.43. The van der Waals surface area contributed by atoms with Crippen molar-refractivity contribution in [2.45, 2.75) is 23.9 Å². The second-order valence-corrected chi connectivity index (χ2v) is 7.62. The van der Waals surface area contributed by atoms with E-state index in [0.717, 1.165) is 0 Å². The fourth-order valence-electron chi connectivity index (χ4n) is 2.45. The van der Waals surface area contributed by atoms with Gasteiger partial charge in [-0.2, -0.15) is 13.2 Å². The molecule has 0 unspecified atom stereocenters. The van der Waals surface area contributed by atoms with Crippen LogP contribution in [0.15, 0.2) is 29.2 Å². The number of piperidine rings is 1. The van der Waals surface area contributed by atoms with Crippen molar-refractivity contribution in [1.82, 2.24) is 0 Å². The highest BCUT2D eigenvalue weighted by Crippen LogP contribution is 2.30. The molecule has 0 amide bonds. The maximum absolute atomic E-state index is 12.4. The Morgan fingerprint density at radius 1 is 1.14 bits per heavy atom. The molecule has 0 aromatic heterocycles. The molecule has 2 rings (SSSR count). The predicted octanol–water partition coefficient (Wildman–Crippen LogP) is 2.96. The van der Waals surface area contributed by atoms with Crippen LogP contribution in [0.3, 0.4) is 0 Å². The minimum Gasteiger partial charge on any atom is -0.371 e. The Morgan fingerprint density at radius 2 is 1.64 bits per heavy atom. The second kappa shape index (κ2) is 6.08. The fourth-order valence-corrected chi connectivity index (χ4v) is 3.22. The van der Waals surface area contributed by atoms with Gasteiger partial charge < -0.3 is 4.90 Å². The Kier molecular flexibility index (Phi) is 4.72. The van der Waals surface area contributed by atoms with E-state index in [2.05, 4.69) is 0 Å². The quantitative estimate of drug-likeness (QED) is 0.782. The lowest BCUT2D eigenvalue weighted by atomic mass is 9.92. The Bertz CT molecular complexity index is 650. The van der Waals surface area contributed by atoms with Crippen LogP contribution >= 0.6 is 10.7 Å². The van der Waals surface area contributed by atoms with Gasteiger partial charge in [0.15, 0.2) is 0 Å². The van der Waals surface area contributed by atoms with Gasteiger partial charge in [0.2, 0.25) is 5.78 Å². The summed E-state index contributed by atoms with van der Waals surface area (Å²) in [7, 11) is 1.41. The number of hydrogen-bond acceptors (Lipinski definition) is 4. The smallest absolute Gasteiger partial charge is 0.371 e. The summed E-state index contributed by atoms with van der Waals surface area (Å²) in [5, 5.41) is 0. The second-order valence-electron chi connectivity index (χ2n) is 5.06. The standard InChI is InChI=1S/C13H13ClF3NO3S/c14-22(20,21)11-3-1-10(2-4-11)18-7-5-9(6-8-18)12(19)13(15,16)17/h1-4,9H,5-8H2. The summed E-state index contributed by atoms with van der Waals surface area (Å²) in [4.78, 5) is 13.0. The number of carbonyl (C=O) groups excluding carboxylic acids is 1. The zero-order chi connectivity index (χ0) is 16.5. The molecule has 1 heterocycles. The molecular weight excluding hydrogens is 343 g/mol. The highest BCUT2D eigenvalue weighted by atomic mass is 35.7. The minimum absolute atomic E-state index is 0.0416. The number of halogens is 4. The lowest BCUT2D eigenvalue weighted by Crippen LogP contribution is -2.40.